The zero-order chi connectivity index (χ0) is 19.4. The van der Waals surface area contributed by atoms with Crippen LogP contribution < -0.4 is 0 Å². The van der Waals surface area contributed by atoms with E-state index in [0.29, 0.717) is 0 Å². The number of aliphatic hydroxyl groups is 1. The summed E-state index contributed by atoms with van der Waals surface area (Å²) in [6.07, 6.45) is 0.836. The molecule has 4 nitrogen and oxygen atoms in total. The summed E-state index contributed by atoms with van der Waals surface area (Å²) >= 11 is 0. The van der Waals surface area contributed by atoms with Gasteiger partial charge in [0, 0.05) is 58.9 Å². The molecule has 2 saturated heterocycles. The molecule has 0 saturated carbocycles. The van der Waals surface area contributed by atoms with Crippen LogP contribution in [0.25, 0.3) is 0 Å². The number of likely N-dealkylation sites (tertiary alicyclic amines) is 1. The van der Waals surface area contributed by atoms with Crippen molar-refractivity contribution in [3.05, 3.63) is 71.3 Å². The summed E-state index contributed by atoms with van der Waals surface area (Å²) in [7, 11) is 0. The van der Waals surface area contributed by atoms with E-state index < -0.39 is 5.60 Å². The van der Waals surface area contributed by atoms with Crippen molar-refractivity contribution in [3.63, 3.8) is 0 Å². The maximum atomic E-state index is 11.2. The van der Waals surface area contributed by atoms with E-state index in [0.717, 1.165) is 70.9 Å². The van der Waals surface area contributed by atoms with E-state index in [1.54, 1.807) is 0 Å². The predicted octanol–water partition coefficient (Wildman–Crippen LogP) is 2.71. The Morgan fingerprint density at radius 1 is 0.786 bits per heavy atom. The van der Waals surface area contributed by atoms with Crippen LogP contribution >= 0.6 is 0 Å². The van der Waals surface area contributed by atoms with Gasteiger partial charge in [-0.3, -0.25) is 14.7 Å². The molecule has 0 unspecified atom stereocenters. The Morgan fingerprint density at radius 2 is 1.43 bits per heavy atom. The summed E-state index contributed by atoms with van der Waals surface area (Å²) in [5.41, 5.74) is 3.02. The first kappa shape index (κ1) is 19.6. The molecule has 4 heteroatoms. The topological polar surface area (TPSA) is 30.0 Å². The number of aryl methyl sites for hydroxylation is 1. The highest BCUT2D eigenvalue weighted by Gasteiger charge is 2.38. The molecular formula is C24H33N3O. The Morgan fingerprint density at radius 3 is 2.18 bits per heavy atom. The van der Waals surface area contributed by atoms with E-state index in [9.17, 15) is 5.11 Å². The van der Waals surface area contributed by atoms with Crippen molar-refractivity contribution in [1.29, 1.82) is 0 Å². The smallest absolute Gasteiger partial charge is 0.104 e. The van der Waals surface area contributed by atoms with Crippen LogP contribution in [0.2, 0.25) is 0 Å². The highest BCUT2D eigenvalue weighted by molar-refractivity contribution is 5.32. The molecule has 0 aliphatic carbocycles. The molecule has 1 atom stereocenters. The summed E-state index contributed by atoms with van der Waals surface area (Å²) in [5, 5.41) is 11.2. The predicted molar refractivity (Wildman–Crippen MR) is 114 cm³/mol. The number of piperazine rings is 1. The molecule has 1 N–H and O–H groups in total. The Bertz CT molecular complexity index is 757. The number of rotatable bonds is 6. The quantitative estimate of drug-likeness (QED) is 0.836. The molecular weight excluding hydrogens is 346 g/mol. The van der Waals surface area contributed by atoms with Crippen molar-refractivity contribution in [2.45, 2.75) is 25.5 Å². The second kappa shape index (κ2) is 8.75. The van der Waals surface area contributed by atoms with Crippen molar-refractivity contribution in [3.8, 4) is 0 Å². The Hall–Kier alpha value is -1.72. The van der Waals surface area contributed by atoms with Gasteiger partial charge < -0.3 is 5.11 Å². The van der Waals surface area contributed by atoms with Crippen molar-refractivity contribution < 1.29 is 5.11 Å². The van der Waals surface area contributed by atoms with Crippen LogP contribution in [0.5, 0.6) is 0 Å². The molecule has 4 rings (SSSR count). The van der Waals surface area contributed by atoms with Gasteiger partial charge in [-0.15, -0.1) is 0 Å². The van der Waals surface area contributed by atoms with E-state index >= 15 is 0 Å². The van der Waals surface area contributed by atoms with Gasteiger partial charge in [-0.05, 0) is 30.0 Å². The van der Waals surface area contributed by atoms with Gasteiger partial charge in [0.2, 0.25) is 0 Å². The first-order valence-electron chi connectivity index (χ1n) is 10.6. The second-order valence-electron chi connectivity index (χ2n) is 8.48. The number of hydrogen-bond donors (Lipinski definition) is 1. The van der Waals surface area contributed by atoms with E-state index in [2.05, 4.69) is 64.1 Å². The summed E-state index contributed by atoms with van der Waals surface area (Å²) in [5.74, 6) is 0. The largest absolute Gasteiger partial charge is 0.384 e. The number of nitrogens with zero attached hydrogens (tertiary/aromatic N) is 3. The van der Waals surface area contributed by atoms with Crippen LogP contribution in [0.15, 0.2) is 54.6 Å². The van der Waals surface area contributed by atoms with Crippen molar-refractivity contribution in [2.24, 2.45) is 0 Å². The SMILES string of the molecule is Cc1ccccc1[C@]1(O)CCN(CCN2CCN(Cc3ccccc3)CC2)C1. The van der Waals surface area contributed by atoms with Gasteiger partial charge in [-0.2, -0.15) is 0 Å². The highest BCUT2D eigenvalue weighted by atomic mass is 16.3. The fourth-order valence-electron chi connectivity index (χ4n) is 4.67. The second-order valence-corrected chi connectivity index (χ2v) is 8.48. The van der Waals surface area contributed by atoms with Gasteiger partial charge in [0.15, 0.2) is 0 Å². The minimum absolute atomic E-state index is 0.681. The molecule has 0 spiro atoms. The molecule has 0 aromatic heterocycles. The van der Waals surface area contributed by atoms with Crippen molar-refractivity contribution in [1.82, 2.24) is 14.7 Å². The third-order valence-corrected chi connectivity index (χ3v) is 6.42. The average molecular weight is 380 g/mol. The molecule has 150 valence electrons. The minimum atomic E-state index is -0.681. The van der Waals surface area contributed by atoms with Gasteiger partial charge in [-0.1, -0.05) is 54.6 Å². The Labute approximate surface area is 169 Å². The molecule has 0 amide bonds. The average Bonchev–Trinajstić information content (AvgIpc) is 3.11. The molecule has 0 bridgehead atoms. The molecule has 2 aliphatic heterocycles. The molecule has 2 aliphatic rings. The Kier molecular flexibility index (Phi) is 6.12. The van der Waals surface area contributed by atoms with Gasteiger partial charge in [0.1, 0.15) is 5.60 Å². The van der Waals surface area contributed by atoms with Gasteiger partial charge >= 0.3 is 0 Å². The molecule has 2 aromatic carbocycles. The van der Waals surface area contributed by atoms with Gasteiger partial charge in [-0.25, -0.2) is 0 Å². The van der Waals surface area contributed by atoms with Crippen LogP contribution in [0, 0.1) is 6.92 Å². The first-order valence-corrected chi connectivity index (χ1v) is 10.6. The van der Waals surface area contributed by atoms with Crippen molar-refractivity contribution >= 4 is 0 Å². The van der Waals surface area contributed by atoms with Crippen LogP contribution in [0.1, 0.15) is 23.1 Å². The monoisotopic (exact) mass is 379 g/mol. The Balaban J connectivity index is 1.22. The third-order valence-electron chi connectivity index (χ3n) is 6.42. The number of benzene rings is 2. The summed E-state index contributed by atoms with van der Waals surface area (Å²) in [6.45, 7) is 11.6. The number of hydrogen-bond acceptors (Lipinski definition) is 4. The molecule has 28 heavy (non-hydrogen) atoms. The zero-order valence-electron chi connectivity index (χ0n) is 17.1. The van der Waals surface area contributed by atoms with E-state index in [1.807, 2.05) is 12.1 Å². The minimum Gasteiger partial charge on any atom is -0.384 e. The van der Waals surface area contributed by atoms with Crippen molar-refractivity contribution in [2.75, 3.05) is 52.4 Å². The van der Waals surface area contributed by atoms with Crippen LogP contribution in [0.3, 0.4) is 0 Å². The standard InChI is InChI=1S/C24H33N3O/c1-21-7-5-6-10-23(21)24(28)11-12-27(20-24)18-15-25-13-16-26(17-14-25)19-22-8-3-2-4-9-22/h2-10,28H,11-20H2,1H3/t24-/m0/s1. The summed E-state index contributed by atoms with van der Waals surface area (Å²) in [4.78, 5) is 7.56. The van der Waals surface area contributed by atoms with E-state index in [4.69, 9.17) is 0 Å². The maximum absolute atomic E-state index is 11.2. The van der Waals surface area contributed by atoms with E-state index in [1.165, 1.54) is 11.1 Å². The first-order chi connectivity index (χ1) is 13.6. The zero-order valence-corrected chi connectivity index (χ0v) is 17.1. The molecule has 2 aromatic rings. The van der Waals surface area contributed by atoms with Crippen LogP contribution in [0.4, 0.5) is 0 Å². The molecule has 2 fully saturated rings. The lowest BCUT2D eigenvalue weighted by molar-refractivity contribution is 0.0431. The normalized spacial score (nSPS) is 24.6. The fraction of sp³-hybridized carbons (Fsp3) is 0.500. The van der Waals surface area contributed by atoms with E-state index in [-0.39, 0.29) is 0 Å². The summed E-state index contributed by atoms with van der Waals surface area (Å²) < 4.78 is 0. The molecule has 0 radical (unpaired) electrons. The molecule has 2 heterocycles. The van der Waals surface area contributed by atoms with Gasteiger partial charge in [0.25, 0.3) is 0 Å². The van der Waals surface area contributed by atoms with Gasteiger partial charge in [0.05, 0.1) is 0 Å². The fourth-order valence-corrected chi connectivity index (χ4v) is 4.67. The lowest BCUT2D eigenvalue weighted by Gasteiger charge is -2.35. The highest BCUT2D eigenvalue weighted by Crippen LogP contribution is 2.33. The number of β-amino-alcohol motifs (C(OH)–C–C–N with tert-alkyl or cyclic N) is 1. The lowest BCUT2D eigenvalue weighted by atomic mass is 9.89. The summed E-state index contributed by atoms with van der Waals surface area (Å²) in [6, 6.07) is 19.0. The lowest BCUT2D eigenvalue weighted by Crippen LogP contribution is -2.48. The maximum Gasteiger partial charge on any atom is 0.104 e. The third kappa shape index (κ3) is 4.64. The van der Waals surface area contributed by atoms with Crippen LogP contribution in [-0.2, 0) is 12.1 Å². The van der Waals surface area contributed by atoms with Crippen LogP contribution in [-0.4, -0.2) is 72.2 Å².